The van der Waals surface area contributed by atoms with E-state index in [1.165, 1.54) is 9.70 Å². The fourth-order valence-corrected chi connectivity index (χ4v) is 3.24. The van der Waals surface area contributed by atoms with Crippen LogP contribution in [0.2, 0.25) is 0 Å². The van der Waals surface area contributed by atoms with E-state index < -0.39 is 0 Å². The number of benzene rings is 2. The minimum Gasteiger partial charge on any atom is -0.292 e. The lowest BCUT2D eigenvalue weighted by molar-refractivity contribution is 0.0655. The van der Waals surface area contributed by atoms with E-state index in [-0.39, 0.29) is 37.1 Å². The molecule has 29 heavy (non-hydrogen) atoms. The highest BCUT2D eigenvalue weighted by Crippen LogP contribution is 2.22. The van der Waals surface area contributed by atoms with Gasteiger partial charge in [-0.1, -0.05) is 43.3 Å². The molecule has 0 bridgehead atoms. The molecule has 1 aliphatic rings. The summed E-state index contributed by atoms with van der Waals surface area (Å²) in [5.41, 5.74) is 2.57. The molecular weight excluding hydrogens is 370 g/mol. The Balaban J connectivity index is 1.37. The minimum absolute atomic E-state index is 0.0223. The van der Waals surface area contributed by atoms with Crippen molar-refractivity contribution >= 4 is 17.6 Å². The topological polar surface area (TPSA) is 98.0 Å². The number of fused-ring (bicyclic) bond motifs is 1. The summed E-state index contributed by atoms with van der Waals surface area (Å²) in [5.74, 6) is -0.375. The summed E-state index contributed by atoms with van der Waals surface area (Å²) < 4.78 is 0. The molecule has 0 unspecified atom stereocenters. The Hall–Kier alpha value is -3.68. The molecule has 146 valence electrons. The second-order valence-corrected chi connectivity index (χ2v) is 6.77. The zero-order valence-electron chi connectivity index (χ0n) is 15.9. The largest absolute Gasteiger partial charge is 0.292 e. The number of carbonyl (C=O) groups excluding carboxylic acids is 3. The lowest BCUT2D eigenvalue weighted by Crippen LogP contribution is -2.32. The number of imide groups is 1. The first-order chi connectivity index (χ1) is 14.1. The summed E-state index contributed by atoms with van der Waals surface area (Å²) in [6, 6.07) is 14.2. The van der Waals surface area contributed by atoms with Crippen molar-refractivity contribution in [2.45, 2.75) is 26.3 Å². The minimum atomic E-state index is -0.316. The van der Waals surface area contributed by atoms with E-state index in [0.717, 1.165) is 12.0 Å². The number of aryl methyl sites for hydroxylation is 1. The molecule has 0 spiro atoms. The Morgan fingerprint density at radius 1 is 0.966 bits per heavy atom. The van der Waals surface area contributed by atoms with Crippen molar-refractivity contribution in [1.82, 2.24) is 25.1 Å². The van der Waals surface area contributed by atoms with Gasteiger partial charge in [-0.25, -0.2) is 0 Å². The Morgan fingerprint density at radius 2 is 1.62 bits per heavy atom. The molecule has 0 N–H and O–H groups in total. The van der Waals surface area contributed by atoms with Crippen molar-refractivity contribution in [3.05, 3.63) is 76.6 Å². The van der Waals surface area contributed by atoms with Crippen LogP contribution in [-0.4, -0.2) is 49.2 Å². The normalized spacial score (nSPS) is 13.1. The highest BCUT2D eigenvalue weighted by Gasteiger charge is 2.34. The molecule has 8 heteroatoms. The summed E-state index contributed by atoms with van der Waals surface area (Å²) >= 11 is 0. The van der Waals surface area contributed by atoms with E-state index in [9.17, 15) is 14.4 Å². The molecular formula is C21H19N5O3. The van der Waals surface area contributed by atoms with E-state index in [1.807, 2.05) is 12.1 Å². The molecule has 0 atom stereocenters. The quantitative estimate of drug-likeness (QED) is 0.453. The average molecular weight is 389 g/mol. The molecule has 0 saturated heterocycles. The van der Waals surface area contributed by atoms with Gasteiger partial charge in [0.05, 0.1) is 11.1 Å². The molecule has 2 aromatic carbocycles. The van der Waals surface area contributed by atoms with Crippen molar-refractivity contribution in [2.24, 2.45) is 0 Å². The van der Waals surface area contributed by atoms with Crippen LogP contribution >= 0.6 is 0 Å². The number of hydrogen-bond acceptors (Lipinski definition) is 6. The van der Waals surface area contributed by atoms with Crippen LogP contribution in [0.4, 0.5) is 0 Å². The fraction of sp³-hybridized carbons (Fsp3) is 0.238. The smallest absolute Gasteiger partial charge is 0.261 e. The fourth-order valence-electron chi connectivity index (χ4n) is 3.24. The molecule has 0 radical (unpaired) electrons. The number of aromatic nitrogens is 4. The maximum Gasteiger partial charge on any atom is 0.261 e. The van der Waals surface area contributed by atoms with E-state index in [1.54, 1.807) is 36.4 Å². The Labute approximate surface area is 167 Å². The van der Waals surface area contributed by atoms with Crippen LogP contribution in [0.15, 0.2) is 48.5 Å². The SMILES string of the molecule is CCc1ccc(C(=O)Cn2nnc(CCN3C(=O)c4ccccc4C3=O)n2)cc1. The van der Waals surface area contributed by atoms with Crippen molar-refractivity contribution in [2.75, 3.05) is 6.54 Å². The first kappa shape index (κ1) is 18.7. The van der Waals surface area contributed by atoms with Gasteiger partial charge in [0.2, 0.25) is 0 Å². The van der Waals surface area contributed by atoms with Crippen LogP contribution in [0.5, 0.6) is 0 Å². The van der Waals surface area contributed by atoms with Gasteiger partial charge in [0.1, 0.15) is 6.54 Å². The number of amides is 2. The molecule has 4 rings (SSSR count). The number of rotatable bonds is 7. The number of hydrogen-bond donors (Lipinski definition) is 0. The van der Waals surface area contributed by atoms with Crippen molar-refractivity contribution < 1.29 is 14.4 Å². The first-order valence-electron chi connectivity index (χ1n) is 9.41. The highest BCUT2D eigenvalue weighted by atomic mass is 16.2. The van der Waals surface area contributed by atoms with Crippen LogP contribution in [-0.2, 0) is 19.4 Å². The van der Waals surface area contributed by atoms with Gasteiger partial charge in [-0.15, -0.1) is 10.2 Å². The Kier molecular flexibility index (Phi) is 4.99. The summed E-state index contributed by atoms with van der Waals surface area (Å²) in [5, 5.41) is 12.0. The van der Waals surface area contributed by atoms with E-state index in [0.29, 0.717) is 22.5 Å². The van der Waals surface area contributed by atoms with Gasteiger partial charge in [0.15, 0.2) is 11.6 Å². The van der Waals surface area contributed by atoms with Gasteiger partial charge >= 0.3 is 0 Å². The van der Waals surface area contributed by atoms with Crippen molar-refractivity contribution in [1.29, 1.82) is 0 Å². The second-order valence-electron chi connectivity index (χ2n) is 6.77. The third-order valence-corrected chi connectivity index (χ3v) is 4.90. The molecule has 1 aromatic heterocycles. The Morgan fingerprint density at radius 3 is 2.24 bits per heavy atom. The maximum atomic E-state index is 12.4. The molecule has 0 aliphatic carbocycles. The second kappa shape index (κ2) is 7.75. The van der Waals surface area contributed by atoms with Crippen LogP contribution in [0.25, 0.3) is 0 Å². The predicted molar refractivity (Wildman–Crippen MR) is 103 cm³/mol. The van der Waals surface area contributed by atoms with E-state index in [4.69, 9.17) is 0 Å². The third kappa shape index (κ3) is 3.69. The summed E-state index contributed by atoms with van der Waals surface area (Å²) in [6.07, 6.45) is 1.18. The van der Waals surface area contributed by atoms with Gasteiger partial charge < -0.3 is 0 Å². The molecule has 2 heterocycles. The first-order valence-corrected chi connectivity index (χ1v) is 9.41. The maximum absolute atomic E-state index is 12.4. The standard InChI is InChI=1S/C21H19N5O3/c1-2-14-7-9-15(10-8-14)18(27)13-26-23-19(22-24-26)11-12-25-20(28)16-5-3-4-6-17(16)21(25)29/h3-10H,2,11-13H2,1H3. The van der Waals surface area contributed by atoms with Crippen LogP contribution in [0.3, 0.4) is 0 Å². The zero-order valence-corrected chi connectivity index (χ0v) is 15.9. The molecule has 0 saturated carbocycles. The van der Waals surface area contributed by atoms with E-state index >= 15 is 0 Å². The van der Waals surface area contributed by atoms with Gasteiger partial charge in [0, 0.05) is 18.5 Å². The van der Waals surface area contributed by atoms with Crippen molar-refractivity contribution in [3.63, 3.8) is 0 Å². The lowest BCUT2D eigenvalue weighted by atomic mass is 10.1. The number of Topliss-reactive ketones (excluding diaryl/α,β-unsaturated/α-hetero) is 1. The Bertz CT molecular complexity index is 1050. The molecule has 1 aliphatic heterocycles. The summed E-state index contributed by atoms with van der Waals surface area (Å²) in [7, 11) is 0. The van der Waals surface area contributed by atoms with Crippen LogP contribution < -0.4 is 0 Å². The zero-order chi connectivity index (χ0) is 20.4. The number of carbonyl (C=O) groups is 3. The predicted octanol–water partition coefficient (Wildman–Crippen LogP) is 1.96. The van der Waals surface area contributed by atoms with Gasteiger partial charge in [0.25, 0.3) is 11.8 Å². The third-order valence-electron chi connectivity index (χ3n) is 4.90. The van der Waals surface area contributed by atoms with Gasteiger partial charge in [-0.05, 0) is 29.3 Å². The lowest BCUT2D eigenvalue weighted by Gasteiger charge is -2.11. The monoisotopic (exact) mass is 389 g/mol. The average Bonchev–Trinajstić information content (AvgIpc) is 3.29. The van der Waals surface area contributed by atoms with Crippen molar-refractivity contribution in [3.8, 4) is 0 Å². The van der Waals surface area contributed by atoms with Gasteiger partial charge in [-0.2, -0.15) is 4.80 Å². The summed E-state index contributed by atoms with van der Waals surface area (Å²) in [6.45, 7) is 2.19. The molecule has 3 aromatic rings. The molecule has 2 amide bonds. The van der Waals surface area contributed by atoms with E-state index in [2.05, 4.69) is 22.3 Å². The molecule has 0 fully saturated rings. The highest BCUT2D eigenvalue weighted by molar-refractivity contribution is 6.21. The van der Waals surface area contributed by atoms with Gasteiger partial charge in [-0.3, -0.25) is 19.3 Å². The molecule has 8 nitrogen and oxygen atoms in total. The van der Waals surface area contributed by atoms with Crippen LogP contribution in [0, 0.1) is 0 Å². The number of tetrazole rings is 1. The number of nitrogens with zero attached hydrogens (tertiary/aromatic N) is 5. The summed E-state index contributed by atoms with van der Waals surface area (Å²) in [4.78, 5) is 39.6. The number of ketones is 1. The van der Waals surface area contributed by atoms with Crippen LogP contribution in [0.1, 0.15) is 49.4 Å².